The lowest BCUT2D eigenvalue weighted by atomic mass is 10.0. The second kappa shape index (κ2) is 9.61. The number of rotatable bonds is 5. The van der Waals surface area contributed by atoms with Crippen LogP contribution in [0.25, 0.3) is 0 Å². The molecule has 1 amide bonds. The second-order valence-electron chi connectivity index (χ2n) is 5.73. The zero-order chi connectivity index (χ0) is 16.8. The number of nitrogens with one attached hydrogen (secondary N) is 3. The molecule has 3 N–H and O–H groups in total. The minimum absolute atomic E-state index is 0. The summed E-state index contributed by atoms with van der Waals surface area (Å²) < 4.78 is 0. The van der Waals surface area contributed by atoms with Gasteiger partial charge in [0.05, 0.1) is 16.3 Å². The highest BCUT2D eigenvalue weighted by Crippen LogP contribution is 2.30. The fourth-order valence-electron chi connectivity index (χ4n) is 2.90. The van der Waals surface area contributed by atoms with Gasteiger partial charge >= 0.3 is 0 Å². The number of hydrogen-bond donors (Lipinski definition) is 3. The van der Waals surface area contributed by atoms with Crippen molar-refractivity contribution in [2.45, 2.75) is 12.8 Å². The van der Waals surface area contributed by atoms with Crippen LogP contribution in [0, 0.1) is 0 Å². The number of halogens is 2. The van der Waals surface area contributed by atoms with Gasteiger partial charge in [0.1, 0.15) is 0 Å². The van der Waals surface area contributed by atoms with Gasteiger partial charge in [0.2, 0.25) is 0 Å². The van der Waals surface area contributed by atoms with E-state index in [1.165, 1.54) is 11.1 Å². The summed E-state index contributed by atoms with van der Waals surface area (Å²) >= 11 is 6.37. The zero-order valence-corrected chi connectivity index (χ0v) is 15.4. The van der Waals surface area contributed by atoms with Crippen molar-refractivity contribution in [2.75, 3.05) is 31.5 Å². The van der Waals surface area contributed by atoms with Crippen LogP contribution in [-0.2, 0) is 12.8 Å². The average molecular weight is 381 g/mol. The molecule has 7 heteroatoms. The Kier molecular flexibility index (Phi) is 7.50. The fraction of sp³-hybridized carbons (Fsp3) is 0.333. The van der Waals surface area contributed by atoms with Gasteiger partial charge in [-0.15, -0.1) is 12.4 Å². The molecule has 0 bridgehead atoms. The van der Waals surface area contributed by atoms with E-state index >= 15 is 0 Å². The van der Waals surface area contributed by atoms with Crippen LogP contribution in [0.5, 0.6) is 0 Å². The first kappa shape index (κ1) is 19.5. The number of carbonyl (C=O) groups excluding carboxylic acids is 1. The molecule has 134 valence electrons. The molecule has 0 saturated heterocycles. The molecule has 3 rings (SSSR count). The number of benzene rings is 1. The zero-order valence-electron chi connectivity index (χ0n) is 13.8. The lowest BCUT2D eigenvalue weighted by Crippen LogP contribution is -2.29. The van der Waals surface area contributed by atoms with E-state index in [2.05, 4.69) is 27.0 Å². The summed E-state index contributed by atoms with van der Waals surface area (Å²) in [6, 6.07) is 7.55. The van der Waals surface area contributed by atoms with Crippen molar-refractivity contribution in [2.24, 2.45) is 0 Å². The SMILES string of the molecule is Cl.O=C(NCCNc1c(Cl)ccc2c1CCNCC2)c1cccnc1. The molecular formula is C18H22Cl2N4O. The highest BCUT2D eigenvalue weighted by molar-refractivity contribution is 6.33. The van der Waals surface area contributed by atoms with Crippen molar-refractivity contribution in [1.82, 2.24) is 15.6 Å². The van der Waals surface area contributed by atoms with Gasteiger partial charge in [-0.2, -0.15) is 0 Å². The molecule has 1 aliphatic heterocycles. The van der Waals surface area contributed by atoms with Gasteiger partial charge < -0.3 is 16.0 Å². The molecule has 0 atom stereocenters. The summed E-state index contributed by atoms with van der Waals surface area (Å²) in [5.74, 6) is -0.118. The van der Waals surface area contributed by atoms with Crippen LogP contribution in [-0.4, -0.2) is 37.1 Å². The third-order valence-electron chi connectivity index (χ3n) is 4.12. The van der Waals surface area contributed by atoms with Gasteiger partial charge in [0.25, 0.3) is 5.91 Å². The van der Waals surface area contributed by atoms with Crippen LogP contribution in [0.4, 0.5) is 5.69 Å². The number of aromatic nitrogens is 1. The Morgan fingerprint density at radius 3 is 2.84 bits per heavy atom. The molecular weight excluding hydrogens is 359 g/mol. The Morgan fingerprint density at radius 1 is 1.20 bits per heavy atom. The maximum absolute atomic E-state index is 12.0. The molecule has 1 aliphatic rings. The Bertz CT molecular complexity index is 710. The van der Waals surface area contributed by atoms with E-state index in [1.807, 2.05) is 6.07 Å². The summed E-state index contributed by atoms with van der Waals surface area (Å²) in [5, 5.41) is 10.4. The minimum atomic E-state index is -0.118. The fourth-order valence-corrected chi connectivity index (χ4v) is 3.14. The van der Waals surface area contributed by atoms with Gasteiger partial charge in [0.15, 0.2) is 0 Å². The quantitative estimate of drug-likeness (QED) is 0.697. The number of nitrogens with zero attached hydrogens (tertiary/aromatic N) is 1. The maximum atomic E-state index is 12.0. The van der Waals surface area contributed by atoms with Crippen LogP contribution >= 0.6 is 24.0 Å². The van der Waals surface area contributed by atoms with Crippen molar-refractivity contribution in [3.63, 3.8) is 0 Å². The molecule has 1 aromatic heterocycles. The molecule has 0 aliphatic carbocycles. The number of carbonyl (C=O) groups is 1. The van der Waals surface area contributed by atoms with Crippen molar-refractivity contribution < 1.29 is 4.79 Å². The van der Waals surface area contributed by atoms with Crippen LogP contribution in [0.15, 0.2) is 36.7 Å². The van der Waals surface area contributed by atoms with Crippen molar-refractivity contribution in [3.8, 4) is 0 Å². The molecule has 0 unspecified atom stereocenters. The standard InChI is InChI=1S/C18H21ClN4O.ClH/c19-16-4-3-13-5-8-20-9-6-15(13)17(16)22-10-11-23-18(24)14-2-1-7-21-12-14;/h1-4,7,12,20,22H,5-6,8-11H2,(H,23,24);1H. The number of anilines is 1. The molecule has 5 nitrogen and oxygen atoms in total. The summed E-state index contributed by atoms with van der Waals surface area (Å²) in [6.07, 6.45) is 5.18. The molecule has 0 radical (unpaired) electrons. The molecule has 1 aromatic carbocycles. The predicted octanol–water partition coefficient (Wildman–Crippen LogP) is 2.69. The van der Waals surface area contributed by atoms with E-state index in [0.29, 0.717) is 18.7 Å². The lowest BCUT2D eigenvalue weighted by molar-refractivity contribution is 0.0955. The van der Waals surface area contributed by atoms with E-state index in [9.17, 15) is 4.79 Å². The van der Waals surface area contributed by atoms with Crippen LogP contribution in [0.3, 0.4) is 0 Å². The van der Waals surface area contributed by atoms with Gasteiger partial charge in [-0.1, -0.05) is 17.7 Å². The van der Waals surface area contributed by atoms with E-state index in [4.69, 9.17) is 11.6 Å². The molecule has 0 spiro atoms. The first-order chi connectivity index (χ1) is 11.8. The highest BCUT2D eigenvalue weighted by Gasteiger charge is 2.14. The van der Waals surface area contributed by atoms with Crippen molar-refractivity contribution in [1.29, 1.82) is 0 Å². The van der Waals surface area contributed by atoms with Crippen LogP contribution in [0.1, 0.15) is 21.5 Å². The normalized spacial score (nSPS) is 13.2. The van der Waals surface area contributed by atoms with Gasteiger partial charge in [-0.25, -0.2) is 0 Å². The summed E-state index contributed by atoms with van der Waals surface area (Å²) in [6.45, 7) is 3.09. The highest BCUT2D eigenvalue weighted by atomic mass is 35.5. The third kappa shape index (κ3) is 5.08. The Balaban J connectivity index is 0.00000225. The average Bonchev–Trinajstić information content (AvgIpc) is 2.86. The molecule has 2 heterocycles. The lowest BCUT2D eigenvalue weighted by Gasteiger charge is -2.16. The maximum Gasteiger partial charge on any atom is 0.252 e. The number of hydrogen-bond acceptors (Lipinski definition) is 4. The van der Waals surface area contributed by atoms with Gasteiger partial charge in [0, 0.05) is 25.5 Å². The van der Waals surface area contributed by atoms with Crippen LogP contribution < -0.4 is 16.0 Å². The topological polar surface area (TPSA) is 66.1 Å². The number of amides is 1. The third-order valence-corrected chi connectivity index (χ3v) is 4.43. The first-order valence-corrected chi connectivity index (χ1v) is 8.56. The van der Waals surface area contributed by atoms with Gasteiger partial charge in [-0.05, 0) is 55.3 Å². The first-order valence-electron chi connectivity index (χ1n) is 8.19. The summed E-state index contributed by atoms with van der Waals surface area (Å²) in [5.41, 5.74) is 4.18. The predicted molar refractivity (Wildman–Crippen MR) is 104 cm³/mol. The van der Waals surface area contributed by atoms with E-state index in [1.54, 1.807) is 24.5 Å². The Hall–Kier alpha value is -1.82. The smallest absolute Gasteiger partial charge is 0.252 e. The molecule has 2 aromatic rings. The molecule has 25 heavy (non-hydrogen) atoms. The summed E-state index contributed by atoms with van der Waals surface area (Å²) in [4.78, 5) is 15.9. The number of pyridine rings is 1. The summed E-state index contributed by atoms with van der Waals surface area (Å²) in [7, 11) is 0. The van der Waals surface area contributed by atoms with Crippen molar-refractivity contribution in [3.05, 3.63) is 58.4 Å². The van der Waals surface area contributed by atoms with Gasteiger partial charge in [-0.3, -0.25) is 9.78 Å². The second-order valence-corrected chi connectivity index (χ2v) is 6.14. The van der Waals surface area contributed by atoms with E-state index in [0.717, 1.165) is 36.6 Å². The monoisotopic (exact) mass is 380 g/mol. The molecule has 0 saturated carbocycles. The van der Waals surface area contributed by atoms with Crippen LogP contribution in [0.2, 0.25) is 5.02 Å². The van der Waals surface area contributed by atoms with E-state index < -0.39 is 0 Å². The largest absolute Gasteiger partial charge is 0.382 e. The molecule has 0 fully saturated rings. The van der Waals surface area contributed by atoms with Crippen molar-refractivity contribution >= 4 is 35.6 Å². The minimum Gasteiger partial charge on any atom is -0.382 e. The Morgan fingerprint density at radius 2 is 2.04 bits per heavy atom. The Labute approximate surface area is 159 Å². The number of fused-ring (bicyclic) bond motifs is 1. The van der Waals surface area contributed by atoms with E-state index in [-0.39, 0.29) is 18.3 Å².